The van der Waals surface area contributed by atoms with Crippen LogP contribution in [0.2, 0.25) is 0 Å². The number of anilines is 1. The van der Waals surface area contributed by atoms with Gasteiger partial charge in [0.05, 0.1) is 17.9 Å². The first-order valence-electron chi connectivity index (χ1n) is 7.77. The smallest absolute Gasteiger partial charge is 0.157 e. The summed E-state index contributed by atoms with van der Waals surface area (Å²) >= 11 is 0. The first-order chi connectivity index (χ1) is 10.7. The van der Waals surface area contributed by atoms with Gasteiger partial charge in [0.2, 0.25) is 0 Å². The van der Waals surface area contributed by atoms with Gasteiger partial charge in [0, 0.05) is 36.6 Å². The Morgan fingerprint density at radius 1 is 1.23 bits per heavy atom. The predicted octanol–water partition coefficient (Wildman–Crippen LogP) is 2.17. The Kier molecular flexibility index (Phi) is 2.92. The summed E-state index contributed by atoms with van der Waals surface area (Å²) in [6.07, 6.45) is 2.74. The van der Waals surface area contributed by atoms with E-state index in [2.05, 4.69) is 50.7 Å². The first kappa shape index (κ1) is 13.3. The van der Waals surface area contributed by atoms with Crippen molar-refractivity contribution in [1.82, 2.24) is 24.4 Å². The Balaban J connectivity index is 1.62. The van der Waals surface area contributed by atoms with Gasteiger partial charge in [0.1, 0.15) is 5.82 Å². The molecule has 0 aromatic carbocycles. The number of hydrogen-bond acceptors (Lipinski definition) is 4. The molecule has 0 radical (unpaired) electrons. The van der Waals surface area contributed by atoms with E-state index in [4.69, 9.17) is 0 Å². The highest BCUT2D eigenvalue weighted by Gasteiger charge is 2.31. The molecule has 0 atom stereocenters. The zero-order valence-electron chi connectivity index (χ0n) is 13.2. The molecule has 0 bridgehead atoms. The van der Waals surface area contributed by atoms with Crippen molar-refractivity contribution < 1.29 is 0 Å². The van der Waals surface area contributed by atoms with Gasteiger partial charge < -0.3 is 4.90 Å². The van der Waals surface area contributed by atoms with E-state index in [0.717, 1.165) is 42.4 Å². The van der Waals surface area contributed by atoms with Crippen LogP contribution in [-0.4, -0.2) is 37.5 Å². The van der Waals surface area contributed by atoms with Gasteiger partial charge in [-0.1, -0.05) is 6.92 Å². The number of aryl methyl sites for hydroxylation is 3. The summed E-state index contributed by atoms with van der Waals surface area (Å²) in [6, 6.07) is 6.69. The molecule has 0 N–H and O–H groups in total. The highest BCUT2D eigenvalue weighted by Crippen LogP contribution is 2.29. The van der Waals surface area contributed by atoms with Crippen molar-refractivity contribution in [3.8, 4) is 0 Å². The molecule has 114 valence electrons. The molecule has 1 aliphatic heterocycles. The molecule has 3 aromatic rings. The summed E-state index contributed by atoms with van der Waals surface area (Å²) in [5, 5.41) is 9.01. The zero-order valence-corrected chi connectivity index (χ0v) is 13.2. The van der Waals surface area contributed by atoms with Crippen LogP contribution < -0.4 is 4.90 Å². The standard InChI is InChI=1S/C16H20N6/c1-4-13-8-16(22-15(18-13)5-6-17-22)20-9-14(10-20)21-12(3)7-11(2)19-21/h5-8,14H,4,9-10H2,1-3H3. The van der Waals surface area contributed by atoms with Gasteiger partial charge in [0.25, 0.3) is 0 Å². The molecule has 4 heterocycles. The Hall–Kier alpha value is -2.37. The lowest BCUT2D eigenvalue weighted by atomic mass is 10.1. The lowest BCUT2D eigenvalue weighted by molar-refractivity contribution is 0.357. The van der Waals surface area contributed by atoms with Crippen molar-refractivity contribution in [2.24, 2.45) is 0 Å². The molecule has 0 aliphatic carbocycles. The number of nitrogens with zero attached hydrogens (tertiary/aromatic N) is 6. The Labute approximate surface area is 129 Å². The van der Waals surface area contributed by atoms with Gasteiger partial charge in [-0.2, -0.15) is 14.7 Å². The van der Waals surface area contributed by atoms with Crippen molar-refractivity contribution in [3.63, 3.8) is 0 Å². The largest absolute Gasteiger partial charge is 0.352 e. The maximum Gasteiger partial charge on any atom is 0.157 e. The number of fused-ring (bicyclic) bond motifs is 1. The van der Waals surface area contributed by atoms with E-state index in [1.807, 2.05) is 23.7 Å². The van der Waals surface area contributed by atoms with E-state index in [1.165, 1.54) is 5.69 Å². The predicted molar refractivity (Wildman–Crippen MR) is 85.3 cm³/mol. The van der Waals surface area contributed by atoms with Crippen LogP contribution in [0.1, 0.15) is 30.0 Å². The van der Waals surface area contributed by atoms with Crippen LogP contribution in [0.4, 0.5) is 5.82 Å². The molecule has 22 heavy (non-hydrogen) atoms. The molecular weight excluding hydrogens is 276 g/mol. The zero-order chi connectivity index (χ0) is 15.3. The summed E-state index contributed by atoms with van der Waals surface area (Å²) < 4.78 is 4.07. The number of rotatable bonds is 3. The fourth-order valence-corrected chi connectivity index (χ4v) is 3.17. The summed E-state index contributed by atoms with van der Waals surface area (Å²) in [6.45, 7) is 8.22. The third-order valence-electron chi connectivity index (χ3n) is 4.33. The van der Waals surface area contributed by atoms with Gasteiger partial charge in [-0.3, -0.25) is 4.68 Å². The quantitative estimate of drug-likeness (QED) is 0.743. The minimum absolute atomic E-state index is 0.442. The van der Waals surface area contributed by atoms with E-state index in [0.29, 0.717) is 6.04 Å². The van der Waals surface area contributed by atoms with Crippen LogP contribution in [0.5, 0.6) is 0 Å². The summed E-state index contributed by atoms with van der Waals surface area (Å²) in [7, 11) is 0. The van der Waals surface area contributed by atoms with E-state index in [1.54, 1.807) is 0 Å². The molecule has 0 saturated carbocycles. The summed E-state index contributed by atoms with van der Waals surface area (Å²) in [5.74, 6) is 1.13. The Morgan fingerprint density at radius 2 is 2.05 bits per heavy atom. The number of hydrogen-bond donors (Lipinski definition) is 0. The van der Waals surface area contributed by atoms with Crippen molar-refractivity contribution in [2.45, 2.75) is 33.2 Å². The Morgan fingerprint density at radius 3 is 2.73 bits per heavy atom. The summed E-state index contributed by atoms with van der Waals surface area (Å²) in [5.41, 5.74) is 4.35. The van der Waals surface area contributed by atoms with Crippen molar-refractivity contribution in [3.05, 3.63) is 41.5 Å². The van der Waals surface area contributed by atoms with E-state index >= 15 is 0 Å². The topological polar surface area (TPSA) is 51.2 Å². The third-order valence-corrected chi connectivity index (χ3v) is 4.33. The van der Waals surface area contributed by atoms with Crippen LogP contribution in [0.15, 0.2) is 24.4 Å². The maximum atomic E-state index is 4.61. The second-order valence-corrected chi connectivity index (χ2v) is 5.99. The molecule has 0 amide bonds. The van der Waals surface area contributed by atoms with Crippen LogP contribution in [0, 0.1) is 13.8 Å². The van der Waals surface area contributed by atoms with E-state index in [9.17, 15) is 0 Å². The van der Waals surface area contributed by atoms with Crippen molar-refractivity contribution in [2.75, 3.05) is 18.0 Å². The highest BCUT2D eigenvalue weighted by atomic mass is 15.4. The molecule has 4 rings (SSSR count). The summed E-state index contributed by atoms with van der Waals surface area (Å²) in [4.78, 5) is 6.96. The normalized spacial score (nSPS) is 15.5. The molecule has 6 heteroatoms. The monoisotopic (exact) mass is 296 g/mol. The van der Waals surface area contributed by atoms with Gasteiger partial charge in [-0.25, -0.2) is 4.98 Å². The third kappa shape index (κ3) is 1.98. The molecule has 0 unspecified atom stereocenters. The fraction of sp³-hybridized carbons (Fsp3) is 0.438. The minimum Gasteiger partial charge on any atom is -0.352 e. The van der Waals surface area contributed by atoms with E-state index in [-0.39, 0.29) is 0 Å². The van der Waals surface area contributed by atoms with E-state index < -0.39 is 0 Å². The molecule has 0 spiro atoms. The van der Waals surface area contributed by atoms with Crippen LogP contribution in [-0.2, 0) is 6.42 Å². The molecule has 1 fully saturated rings. The molecule has 3 aromatic heterocycles. The van der Waals surface area contributed by atoms with Gasteiger partial charge in [-0.05, 0) is 26.3 Å². The van der Waals surface area contributed by atoms with Crippen LogP contribution in [0.3, 0.4) is 0 Å². The maximum absolute atomic E-state index is 4.61. The lowest BCUT2D eigenvalue weighted by Gasteiger charge is -2.41. The second-order valence-electron chi connectivity index (χ2n) is 5.99. The van der Waals surface area contributed by atoms with Gasteiger partial charge >= 0.3 is 0 Å². The molecule has 6 nitrogen and oxygen atoms in total. The van der Waals surface area contributed by atoms with Crippen molar-refractivity contribution in [1.29, 1.82) is 0 Å². The Bertz CT molecular complexity index is 824. The molecule has 1 saturated heterocycles. The molecule has 1 aliphatic rings. The van der Waals surface area contributed by atoms with Crippen molar-refractivity contribution >= 4 is 11.5 Å². The van der Waals surface area contributed by atoms with Crippen LogP contribution in [0.25, 0.3) is 5.65 Å². The van der Waals surface area contributed by atoms with Crippen LogP contribution >= 0.6 is 0 Å². The average Bonchev–Trinajstić information content (AvgIpc) is 3.03. The van der Waals surface area contributed by atoms with Gasteiger partial charge in [-0.15, -0.1) is 0 Å². The lowest BCUT2D eigenvalue weighted by Crippen LogP contribution is -2.49. The average molecular weight is 296 g/mol. The molecular formula is C16H20N6. The first-order valence-corrected chi connectivity index (χ1v) is 7.77. The van der Waals surface area contributed by atoms with Gasteiger partial charge in [0.15, 0.2) is 5.65 Å². The SMILES string of the molecule is CCc1cc(N2CC(n3nc(C)cc3C)C2)n2nccc2n1. The highest BCUT2D eigenvalue weighted by molar-refractivity contribution is 5.52. The fourth-order valence-electron chi connectivity index (χ4n) is 3.17. The number of aromatic nitrogens is 5. The minimum atomic E-state index is 0.442. The second kappa shape index (κ2) is 4.83.